The molecular formula is C25H28NO13P. The van der Waals surface area contributed by atoms with Crippen molar-refractivity contribution in [3.8, 4) is 11.5 Å². The Hall–Kier alpha value is -4.13. The van der Waals surface area contributed by atoms with Crippen LogP contribution in [-0.4, -0.2) is 61.3 Å². The van der Waals surface area contributed by atoms with Gasteiger partial charge in [0.2, 0.25) is 6.29 Å². The molecule has 0 saturated carbocycles. The summed E-state index contributed by atoms with van der Waals surface area (Å²) in [5.41, 5.74) is 5.24. The number of phosphoric ester groups is 1. The molecule has 1 aliphatic rings. The van der Waals surface area contributed by atoms with Crippen LogP contribution in [0.25, 0.3) is 0 Å². The second-order valence-electron chi connectivity index (χ2n) is 8.26. The summed E-state index contributed by atoms with van der Waals surface area (Å²) in [6.45, 7) is 2.67. The minimum atomic E-state index is -4.69. The fraction of sp³-hybridized carbons (Fsp3) is 0.360. The quantitative estimate of drug-likeness (QED) is 0.232. The van der Waals surface area contributed by atoms with E-state index in [9.17, 15) is 23.7 Å². The number of rotatable bonds is 11. The van der Waals surface area contributed by atoms with Crippen LogP contribution in [-0.2, 0) is 47.2 Å². The summed E-state index contributed by atoms with van der Waals surface area (Å²) >= 11 is 0. The lowest BCUT2D eigenvalue weighted by atomic mass is 9.98. The fourth-order valence-electron chi connectivity index (χ4n) is 3.63. The average Bonchev–Trinajstić information content (AvgIpc) is 2.86. The zero-order valence-electron chi connectivity index (χ0n) is 21.7. The minimum absolute atomic E-state index is 0.0841. The topological polar surface area (TPSA) is 185 Å². The van der Waals surface area contributed by atoms with E-state index >= 15 is 0 Å². The fourth-order valence-corrected chi connectivity index (χ4v) is 4.93. The Kier molecular flexibility index (Phi) is 10.5. The van der Waals surface area contributed by atoms with Crippen molar-refractivity contribution in [2.75, 3.05) is 6.61 Å². The van der Waals surface area contributed by atoms with E-state index in [1.807, 2.05) is 0 Å². The Morgan fingerprint density at radius 2 is 1.25 bits per heavy atom. The van der Waals surface area contributed by atoms with Gasteiger partial charge in [-0.3, -0.25) is 14.4 Å². The zero-order valence-corrected chi connectivity index (χ0v) is 22.6. The van der Waals surface area contributed by atoms with Gasteiger partial charge in [0.15, 0.2) is 18.3 Å². The van der Waals surface area contributed by atoms with Crippen molar-refractivity contribution >= 4 is 31.8 Å². The number of carbonyl (C=O) groups excluding carboxylic acids is 4. The summed E-state index contributed by atoms with van der Waals surface area (Å²) in [6.07, 6.45) is -9.44. The first-order valence-electron chi connectivity index (χ1n) is 11.8. The first kappa shape index (κ1) is 30.4. The molecular weight excluding hydrogens is 553 g/mol. The third-order valence-electron chi connectivity index (χ3n) is 5.05. The van der Waals surface area contributed by atoms with E-state index in [1.165, 1.54) is 24.3 Å². The summed E-state index contributed by atoms with van der Waals surface area (Å²) in [4.78, 5) is 47.3. The van der Waals surface area contributed by atoms with Gasteiger partial charge in [0, 0.05) is 20.8 Å². The largest absolute Gasteiger partial charge is 0.590 e. The molecule has 216 valence electrons. The molecule has 2 aromatic rings. The molecule has 5 atom stereocenters. The van der Waals surface area contributed by atoms with E-state index in [0.717, 1.165) is 20.8 Å². The van der Waals surface area contributed by atoms with Crippen LogP contribution in [0, 0.1) is 0 Å². The van der Waals surface area contributed by atoms with Gasteiger partial charge in [-0.05, 0) is 24.3 Å². The third kappa shape index (κ3) is 8.97. The Bertz CT molecular complexity index is 1180. The zero-order chi connectivity index (χ0) is 29.3. The van der Waals surface area contributed by atoms with E-state index in [2.05, 4.69) is 0 Å². The molecule has 1 heterocycles. The van der Waals surface area contributed by atoms with Crippen molar-refractivity contribution in [3.05, 3.63) is 60.7 Å². The maximum atomic E-state index is 14.0. The lowest BCUT2D eigenvalue weighted by molar-refractivity contribution is -0.287. The van der Waals surface area contributed by atoms with Crippen molar-refractivity contribution in [2.45, 2.75) is 51.5 Å². The molecule has 2 N–H and O–H groups in total. The Morgan fingerprint density at radius 3 is 1.70 bits per heavy atom. The molecule has 40 heavy (non-hydrogen) atoms. The molecule has 0 aromatic heterocycles. The SMILES string of the molecule is CC(=O)OC[C@H]1O[C@H](OP(=O)(Oc2ccccc2)Oc2ccccc2)[C@@H](OC(C)=O)[C@@H](OC(N)=O)[C@@H]1OC(C)=O. The normalized spacial score (nSPS) is 22.3. The molecule has 0 spiro atoms. The van der Waals surface area contributed by atoms with Crippen molar-refractivity contribution in [3.63, 3.8) is 0 Å². The van der Waals surface area contributed by atoms with Gasteiger partial charge in [-0.15, -0.1) is 0 Å². The molecule has 0 aliphatic carbocycles. The monoisotopic (exact) mass is 581 g/mol. The molecule has 1 aliphatic heterocycles. The highest BCUT2D eigenvalue weighted by molar-refractivity contribution is 7.49. The molecule has 1 fully saturated rings. The van der Waals surface area contributed by atoms with Crippen molar-refractivity contribution in [1.29, 1.82) is 0 Å². The van der Waals surface area contributed by atoms with E-state index in [-0.39, 0.29) is 11.5 Å². The molecule has 1 saturated heterocycles. The molecule has 3 rings (SSSR count). The van der Waals surface area contributed by atoms with E-state index in [1.54, 1.807) is 36.4 Å². The van der Waals surface area contributed by atoms with Gasteiger partial charge < -0.3 is 38.5 Å². The molecule has 0 unspecified atom stereocenters. The van der Waals surface area contributed by atoms with Crippen LogP contribution in [0.5, 0.6) is 11.5 Å². The molecule has 15 heteroatoms. The smallest absolute Gasteiger partial charge is 0.463 e. The van der Waals surface area contributed by atoms with Crippen LogP contribution in [0.15, 0.2) is 60.7 Å². The number of amides is 1. The highest BCUT2D eigenvalue weighted by atomic mass is 31.2. The third-order valence-corrected chi connectivity index (χ3v) is 6.39. The van der Waals surface area contributed by atoms with Crippen LogP contribution < -0.4 is 14.8 Å². The van der Waals surface area contributed by atoms with Crippen LogP contribution >= 0.6 is 7.82 Å². The van der Waals surface area contributed by atoms with E-state index in [4.69, 9.17) is 43.0 Å². The van der Waals surface area contributed by atoms with Crippen LogP contribution in [0.1, 0.15) is 20.8 Å². The van der Waals surface area contributed by atoms with Gasteiger partial charge >= 0.3 is 31.8 Å². The molecule has 14 nitrogen and oxygen atoms in total. The number of benzene rings is 2. The van der Waals surface area contributed by atoms with Gasteiger partial charge in [-0.2, -0.15) is 0 Å². The Balaban J connectivity index is 2.05. The maximum Gasteiger partial charge on any atom is 0.590 e. The van der Waals surface area contributed by atoms with Crippen molar-refractivity contribution < 1.29 is 61.0 Å². The summed E-state index contributed by atoms with van der Waals surface area (Å²) in [5.74, 6) is -2.29. The molecule has 1 amide bonds. The summed E-state index contributed by atoms with van der Waals surface area (Å²) in [6, 6.07) is 15.7. The van der Waals surface area contributed by atoms with Crippen LogP contribution in [0.3, 0.4) is 0 Å². The number of nitrogens with two attached hydrogens (primary N) is 1. The summed E-state index contributed by atoms with van der Waals surface area (Å²) in [7, 11) is -4.69. The number of carbonyl (C=O) groups is 4. The maximum absolute atomic E-state index is 14.0. The van der Waals surface area contributed by atoms with E-state index < -0.39 is 69.1 Å². The number of ether oxygens (including phenoxy) is 5. The van der Waals surface area contributed by atoms with Gasteiger partial charge in [-0.1, -0.05) is 36.4 Å². The first-order valence-corrected chi connectivity index (χ1v) is 13.3. The molecule has 0 radical (unpaired) electrons. The summed E-state index contributed by atoms with van der Waals surface area (Å²) < 4.78 is 57.5. The number of para-hydroxylation sites is 2. The summed E-state index contributed by atoms with van der Waals surface area (Å²) in [5, 5.41) is 0. The van der Waals surface area contributed by atoms with Crippen molar-refractivity contribution in [1.82, 2.24) is 0 Å². The first-order chi connectivity index (χ1) is 19.0. The van der Waals surface area contributed by atoms with Crippen LogP contribution in [0.4, 0.5) is 4.79 Å². The van der Waals surface area contributed by atoms with Gasteiger partial charge in [-0.25, -0.2) is 13.9 Å². The molecule has 2 aromatic carbocycles. The highest BCUT2D eigenvalue weighted by Crippen LogP contribution is 2.52. The second kappa shape index (κ2) is 13.8. The number of hydrogen-bond acceptors (Lipinski definition) is 13. The number of primary amides is 1. The van der Waals surface area contributed by atoms with Gasteiger partial charge in [0.05, 0.1) is 0 Å². The lowest BCUT2D eigenvalue weighted by Gasteiger charge is -2.43. The average molecular weight is 581 g/mol. The predicted molar refractivity (Wildman–Crippen MR) is 134 cm³/mol. The number of hydrogen-bond donors (Lipinski definition) is 1. The van der Waals surface area contributed by atoms with Gasteiger partial charge in [0.25, 0.3) is 0 Å². The molecule has 0 bridgehead atoms. The predicted octanol–water partition coefficient (Wildman–Crippen LogP) is 2.88. The van der Waals surface area contributed by atoms with E-state index in [0.29, 0.717) is 0 Å². The van der Waals surface area contributed by atoms with Crippen molar-refractivity contribution in [2.24, 2.45) is 5.73 Å². The number of phosphoric acid groups is 1. The second-order valence-corrected chi connectivity index (χ2v) is 9.73. The Morgan fingerprint density at radius 1 is 0.750 bits per heavy atom. The highest BCUT2D eigenvalue weighted by Gasteiger charge is 2.55. The van der Waals surface area contributed by atoms with Gasteiger partial charge in [0.1, 0.15) is 24.2 Å². The minimum Gasteiger partial charge on any atom is -0.463 e. The number of esters is 3. The Labute approximate surface area is 229 Å². The van der Waals surface area contributed by atoms with Crippen LogP contribution in [0.2, 0.25) is 0 Å². The lowest BCUT2D eigenvalue weighted by Crippen LogP contribution is -2.63. The standard InChI is InChI=1S/C25H28NO13P/c1-15(27)32-14-20-21(33-16(2)28)22(36-25(26)30)23(34-17(3)29)24(35-20)39-40(31,37-18-10-6-4-7-11-18)38-19-12-8-5-9-13-19/h4-13,20-24H,14H2,1-3H3,(H2,26,30)/t20-,21-,22+,23+,24-/m1/s1.